The molecular formula is C18H15F3N2O2S2. The number of sulfonamides is 1. The molecule has 0 atom stereocenters. The van der Waals surface area contributed by atoms with Crippen molar-refractivity contribution >= 4 is 27.0 Å². The van der Waals surface area contributed by atoms with Gasteiger partial charge in [0.05, 0.1) is 21.2 Å². The molecule has 0 saturated carbocycles. The number of benzene rings is 2. The standard InChI is InChI=1S/C18H15F3N2O2S2/c1-11-3-4-13(16-10-26-12(2)22-16)9-17(11)27(24,25)23-15-7-5-14(6-8-15)18(19,20)21/h3-10,23H,1-2H3. The molecule has 142 valence electrons. The Hall–Kier alpha value is -2.39. The smallest absolute Gasteiger partial charge is 0.280 e. The van der Waals surface area contributed by atoms with Gasteiger partial charge in [-0.1, -0.05) is 12.1 Å². The highest BCUT2D eigenvalue weighted by molar-refractivity contribution is 7.92. The summed E-state index contributed by atoms with van der Waals surface area (Å²) in [7, 11) is -3.97. The van der Waals surface area contributed by atoms with Gasteiger partial charge >= 0.3 is 6.18 Å². The molecule has 1 N–H and O–H groups in total. The van der Waals surface area contributed by atoms with E-state index in [1.165, 1.54) is 17.4 Å². The van der Waals surface area contributed by atoms with E-state index in [1.807, 2.05) is 12.3 Å². The molecular weight excluding hydrogens is 397 g/mol. The average molecular weight is 412 g/mol. The number of thiazole rings is 1. The first-order valence-electron chi connectivity index (χ1n) is 7.79. The van der Waals surface area contributed by atoms with E-state index in [1.54, 1.807) is 19.1 Å². The number of hydrogen-bond donors (Lipinski definition) is 1. The number of aryl methyl sites for hydroxylation is 2. The predicted octanol–water partition coefficient (Wildman–Crippen LogP) is 5.25. The summed E-state index contributed by atoms with van der Waals surface area (Å²) in [5, 5.41) is 2.69. The zero-order chi connectivity index (χ0) is 19.8. The van der Waals surface area contributed by atoms with Crippen LogP contribution in [0.5, 0.6) is 0 Å². The van der Waals surface area contributed by atoms with E-state index in [0.717, 1.165) is 29.3 Å². The van der Waals surface area contributed by atoms with Crippen LogP contribution in [0.2, 0.25) is 0 Å². The largest absolute Gasteiger partial charge is 0.416 e. The zero-order valence-electron chi connectivity index (χ0n) is 14.3. The van der Waals surface area contributed by atoms with Crippen molar-refractivity contribution in [1.29, 1.82) is 0 Å². The molecule has 0 amide bonds. The van der Waals surface area contributed by atoms with Crippen LogP contribution in [0.15, 0.2) is 52.7 Å². The Kier molecular flexibility index (Phi) is 5.00. The topological polar surface area (TPSA) is 59.1 Å². The number of nitrogens with one attached hydrogen (secondary N) is 1. The normalized spacial score (nSPS) is 12.2. The van der Waals surface area contributed by atoms with E-state index in [9.17, 15) is 21.6 Å². The Balaban J connectivity index is 1.93. The fourth-order valence-electron chi connectivity index (χ4n) is 2.48. The summed E-state index contributed by atoms with van der Waals surface area (Å²) < 4.78 is 65.7. The molecule has 1 heterocycles. The predicted molar refractivity (Wildman–Crippen MR) is 99.3 cm³/mol. The van der Waals surface area contributed by atoms with Gasteiger partial charge in [0.2, 0.25) is 0 Å². The maximum absolute atomic E-state index is 12.7. The minimum Gasteiger partial charge on any atom is -0.280 e. The van der Waals surface area contributed by atoms with Crippen LogP contribution < -0.4 is 4.72 Å². The van der Waals surface area contributed by atoms with Crippen molar-refractivity contribution in [3.05, 3.63) is 64.0 Å². The highest BCUT2D eigenvalue weighted by Crippen LogP contribution is 2.31. The van der Waals surface area contributed by atoms with Gasteiger partial charge in [0.1, 0.15) is 0 Å². The second-order valence-electron chi connectivity index (χ2n) is 5.91. The maximum atomic E-state index is 12.7. The molecule has 1 aromatic heterocycles. The Morgan fingerprint density at radius 1 is 1.04 bits per heavy atom. The van der Waals surface area contributed by atoms with Gasteiger partial charge in [-0.2, -0.15) is 13.2 Å². The lowest BCUT2D eigenvalue weighted by atomic mass is 10.1. The Morgan fingerprint density at radius 2 is 1.70 bits per heavy atom. The van der Waals surface area contributed by atoms with E-state index in [4.69, 9.17) is 0 Å². The number of nitrogens with zero attached hydrogens (tertiary/aromatic N) is 1. The number of anilines is 1. The van der Waals surface area contributed by atoms with Gasteiger partial charge in [-0.15, -0.1) is 11.3 Å². The van der Waals surface area contributed by atoms with Gasteiger partial charge in [-0.3, -0.25) is 4.72 Å². The highest BCUT2D eigenvalue weighted by atomic mass is 32.2. The van der Waals surface area contributed by atoms with Crippen LogP contribution in [0.1, 0.15) is 16.1 Å². The molecule has 3 rings (SSSR count). The van der Waals surface area contributed by atoms with Gasteiger partial charge in [-0.05, 0) is 49.7 Å². The van der Waals surface area contributed by atoms with Gasteiger partial charge in [0, 0.05) is 16.6 Å². The molecule has 0 spiro atoms. The molecule has 0 radical (unpaired) electrons. The third kappa shape index (κ3) is 4.30. The molecule has 4 nitrogen and oxygen atoms in total. The quantitative estimate of drug-likeness (QED) is 0.637. The van der Waals surface area contributed by atoms with Crippen molar-refractivity contribution < 1.29 is 21.6 Å². The van der Waals surface area contributed by atoms with Gasteiger partial charge in [0.25, 0.3) is 10.0 Å². The van der Waals surface area contributed by atoms with Crippen molar-refractivity contribution in [2.45, 2.75) is 24.9 Å². The molecule has 0 aliphatic rings. The third-order valence-electron chi connectivity index (χ3n) is 3.86. The fourth-order valence-corrected chi connectivity index (χ4v) is 4.43. The first-order chi connectivity index (χ1) is 12.6. The summed E-state index contributed by atoms with van der Waals surface area (Å²) in [6.07, 6.45) is -4.48. The fraction of sp³-hybridized carbons (Fsp3) is 0.167. The zero-order valence-corrected chi connectivity index (χ0v) is 16.0. The molecule has 27 heavy (non-hydrogen) atoms. The number of alkyl halides is 3. The van der Waals surface area contributed by atoms with Crippen molar-refractivity contribution in [1.82, 2.24) is 4.98 Å². The summed E-state index contributed by atoms with van der Waals surface area (Å²) in [6, 6.07) is 8.80. The Morgan fingerprint density at radius 3 is 2.26 bits per heavy atom. The van der Waals surface area contributed by atoms with Gasteiger partial charge < -0.3 is 0 Å². The van der Waals surface area contributed by atoms with Crippen LogP contribution in [0.25, 0.3) is 11.3 Å². The van der Waals surface area contributed by atoms with Crippen LogP contribution >= 0.6 is 11.3 Å². The number of rotatable bonds is 4. The molecule has 0 aliphatic carbocycles. The van der Waals surface area contributed by atoms with E-state index in [2.05, 4.69) is 9.71 Å². The second kappa shape index (κ2) is 6.97. The van der Waals surface area contributed by atoms with Crippen LogP contribution in [0, 0.1) is 13.8 Å². The van der Waals surface area contributed by atoms with E-state index in [-0.39, 0.29) is 10.6 Å². The SMILES string of the molecule is Cc1nc(-c2ccc(C)c(S(=O)(=O)Nc3ccc(C(F)(F)F)cc3)c2)cs1. The molecule has 0 aliphatic heterocycles. The molecule has 0 saturated heterocycles. The van der Waals surface area contributed by atoms with Crippen LogP contribution in [0.3, 0.4) is 0 Å². The molecule has 0 unspecified atom stereocenters. The molecule has 2 aromatic carbocycles. The number of halogens is 3. The van der Waals surface area contributed by atoms with Crippen LogP contribution in [0.4, 0.5) is 18.9 Å². The molecule has 9 heteroatoms. The molecule has 3 aromatic rings. The average Bonchev–Trinajstić information content (AvgIpc) is 3.01. The minimum absolute atomic E-state index is 0.0468. The Bertz CT molecular complexity index is 1070. The summed E-state index contributed by atoms with van der Waals surface area (Å²) in [5.74, 6) is 0. The lowest BCUT2D eigenvalue weighted by Gasteiger charge is -2.12. The molecule has 0 fully saturated rings. The van der Waals surface area contributed by atoms with Crippen molar-refractivity contribution in [3.63, 3.8) is 0 Å². The third-order valence-corrected chi connectivity index (χ3v) is 6.15. The van der Waals surface area contributed by atoms with Gasteiger partial charge in [-0.25, -0.2) is 13.4 Å². The second-order valence-corrected chi connectivity index (χ2v) is 8.63. The Labute approximate surface area is 158 Å². The van der Waals surface area contributed by atoms with E-state index in [0.29, 0.717) is 16.8 Å². The molecule has 0 bridgehead atoms. The maximum Gasteiger partial charge on any atom is 0.416 e. The summed E-state index contributed by atoms with van der Waals surface area (Å²) >= 11 is 1.45. The summed E-state index contributed by atoms with van der Waals surface area (Å²) in [6.45, 7) is 3.50. The number of aromatic nitrogens is 1. The summed E-state index contributed by atoms with van der Waals surface area (Å²) in [4.78, 5) is 4.39. The van der Waals surface area contributed by atoms with Crippen molar-refractivity contribution in [2.75, 3.05) is 4.72 Å². The lowest BCUT2D eigenvalue weighted by molar-refractivity contribution is -0.137. The highest BCUT2D eigenvalue weighted by Gasteiger charge is 2.30. The van der Waals surface area contributed by atoms with Gasteiger partial charge in [0.15, 0.2) is 0 Å². The van der Waals surface area contributed by atoms with E-state index < -0.39 is 21.8 Å². The van der Waals surface area contributed by atoms with Crippen LogP contribution in [-0.4, -0.2) is 13.4 Å². The minimum atomic E-state index is -4.48. The van der Waals surface area contributed by atoms with E-state index >= 15 is 0 Å². The first-order valence-corrected chi connectivity index (χ1v) is 10.2. The van der Waals surface area contributed by atoms with Crippen LogP contribution in [-0.2, 0) is 16.2 Å². The monoisotopic (exact) mass is 412 g/mol. The summed E-state index contributed by atoms with van der Waals surface area (Å²) in [5.41, 5.74) is 1.05. The van der Waals surface area contributed by atoms with Crippen molar-refractivity contribution in [3.8, 4) is 11.3 Å². The first kappa shape index (κ1) is 19.4. The number of hydrogen-bond acceptors (Lipinski definition) is 4. The lowest BCUT2D eigenvalue weighted by Crippen LogP contribution is -2.14. The van der Waals surface area contributed by atoms with Crippen molar-refractivity contribution in [2.24, 2.45) is 0 Å².